The molecule has 2 aliphatic rings. The average Bonchev–Trinajstić information content (AvgIpc) is 3.59. The molecule has 0 bridgehead atoms. The minimum atomic E-state index is 0.118. The van der Waals surface area contributed by atoms with Crippen molar-refractivity contribution in [3.8, 4) is 11.9 Å². The van der Waals surface area contributed by atoms with Crippen LogP contribution in [0.1, 0.15) is 42.0 Å². The van der Waals surface area contributed by atoms with Crippen LogP contribution in [-0.4, -0.2) is 56.8 Å². The Bertz CT molecular complexity index is 1470. The molecule has 4 aromatic rings. The van der Waals surface area contributed by atoms with E-state index in [1.165, 1.54) is 0 Å². The Morgan fingerprint density at radius 3 is 2.67 bits per heavy atom. The zero-order valence-corrected chi connectivity index (χ0v) is 22.6. The number of hydrogen-bond acceptors (Lipinski definition) is 7. The van der Waals surface area contributed by atoms with Crippen LogP contribution < -0.4 is 4.74 Å². The lowest BCUT2D eigenvalue weighted by Crippen LogP contribution is -2.38. The highest BCUT2D eigenvalue weighted by Gasteiger charge is 2.25. The van der Waals surface area contributed by atoms with Crippen molar-refractivity contribution in [3.05, 3.63) is 82.5 Å². The molecule has 0 amide bonds. The summed E-state index contributed by atoms with van der Waals surface area (Å²) in [5, 5.41) is 10.1. The Kier molecular flexibility index (Phi) is 7.73. The predicted molar refractivity (Wildman–Crippen MR) is 149 cm³/mol. The third-order valence-corrected chi connectivity index (χ3v) is 7.82. The zero-order chi connectivity index (χ0) is 26.6. The molecule has 39 heavy (non-hydrogen) atoms. The van der Waals surface area contributed by atoms with Crippen LogP contribution in [-0.2, 0) is 24.2 Å². The maximum Gasteiger partial charge on any atom is 0.216 e. The second-order valence-electron chi connectivity index (χ2n) is 10.4. The van der Waals surface area contributed by atoms with E-state index in [1.807, 2.05) is 48.5 Å². The molecular weight excluding hydrogens is 512 g/mol. The van der Waals surface area contributed by atoms with E-state index in [0.717, 1.165) is 91.9 Å². The van der Waals surface area contributed by atoms with Crippen molar-refractivity contribution >= 4 is 22.6 Å². The van der Waals surface area contributed by atoms with Crippen LogP contribution in [0.3, 0.4) is 0 Å². The second kappa shape index (κ2) is 11.7. The number of imidazole rings is 1. The Labute approximate surface area is 233 Å². The Morgan fingerprint density at radius 2 is 1.90 bits per heavy atom. The summed E-state index contributed by atoms with van der Waals surface area (Å²) in [6, 6.07) is 17.6. The van der Waals surface area contributed by atoms with Crippen LogP contribution in [0.5, 0.6) is 5.88 Å². The molecule has 2 fully saturated rings. The van der Waals surface area contributed by atoms with Crippen molar-refractivity contribution in [2.24, 2.45) is 5.92 Å². The minimum Gasteiger partial charge on any atom is -0.474 e. The number of nitrogens with zero attached hydrogens (tertiary/aromatic N) is 6. The van der Waals surface area contributed by atoms with E-state index in [1.54, 1.807) is 6.20 Å². The number of hydrogen-bond donors (Lipinski definition) is 0. The van der Waals surface area contributed by atoms with Crippen LogP contribution in [0.25, 0.3) is 11.0 Å². The quantitative estimate of drug-likeness (QED) is 0.309. The molecule has 4 heterocycles. The van der Waals surface area contributed by atoms with Crippen molar-refractivity contribution in [2.45, 2.75) is 44.9 Å². The van der Waals surface area contributed by atoms with Gasteiger partial charge in [-0.05, 0) is 55.2 Å². The van der Waals surface area contributed by atoms with E-state index < -0.39 is 0 Å². The zero-order valence-electron chi connectivity index (χ0n) is 21.8. The molecule has 2 saturated heterocycles. The number of likely N-dealkylation sites (tertiary alicyclic amines) is 1. The van der Waals surface area contributed by atoms with Crippen molar-refractivity contribution in [2.75, 3.05) is 26.3 Å². The van der Waals surface area contributed by atoms with E-state index in [9.17, 15) is 5.26 Å². The van der Waals surface area contributed by atoms with Crippen molar-refractivity contribution in [1.82, 2.24) is 24.4 Å². The van der Waals surface area contributed by atoms with Gasteiger partial charge in [-0.3, -0.25) is 4.90 Å². The fourth-order valence-electron chi connectivity index (χ4n) is 5.43. The van der Waals surface area contributed by atoms with Gasteiger partial charge < -0.3 is 14.0 Å². The van der Waals surface area contributed by atoms with Gasteiger partial charge in [0.25, 0.3) is 0 Å². The highest BCUT2D eigenvalue weighted by Crippen LogP contribution is 2.25. The lowest BCUT2D eigenvalue weighted by atomic mass is 10.1. The van der Waals surface area contributed by atoms with Gasteiger partial charge in [-0.25, -0.2) is 9.97 Å². The first-order valence-electron chi connectivity index (χ1n) is 13.6. The third-order valence-electron chi connectivity index (χ3n) is 7.56. The number of rotatable bonds is 8. The highest BCUT2D eigenvalue weighted by atomic mass is 35.5. The molecule has 2 aromatic heterocycles. The summed E-state index contributed by atoms with van der Waals surface area (Å²) < 4.78 is 14.2. The highest BCUT2D eigenvalue weighted by molar-refractivity contribution is 6.30. The van der Waals surface area contributed by atoms with E-state index in [4.69, 9.17) is 26.1 Å². The summed E-state index contributed by atoms with van der Waals surface area (Å²) in [5.41, 5.74) is 3.73. The molecule has 9 heteroatoms. The van der Waals surface area contributed by atoms with Gasteiger partial charge in [-0.2, -0.15) is 10.2 Å². The van der Waals surface area contributed by atoms with Gasteiger partial charge in [0.15, 0.2) is 0 Å². The summed E-state index contributed by atoms with van der Waals surface area (Å²) in [5.74, 6) is 2.90. The SMILES string of the molecule is N#Cc1ccc2c(c1)nc(CN1CCC(Oc3ccnc(Cc4ccc(Cl)cc4)n3)CC1)n2CC1CCOC1. The number of piperidine rings is 1. The fraction of sp³-hybridized carbons (Fsp3) is 0.400. The number of halogens is 1. The van der Waals surface area contributed by atoms with Gasteiger partial charge in [0.05, 0.1) is 35.8 Å². The molecule has 8 nitrogen and oxygen atoms in total. The summed E-state index contributed by atoms with van der Waals surface area (Å²) in [6.45, 7) is 5.13. The first-order valence-corrected chi connectivity index (χ1v) is 13.9. The number of ether oxygens (including phenoxy) is 2. The standard InChI is InChI=1S/C30H31ClN6O2/c31-24-4-1-21(2-5-24)16-28-33-11-7-30(35-28)39-25-8-12-36(13-9-25)19-29-34-26-15-22(17-32)3-6-27(26)37(29)18-23-10-14-38-20-23/h1-7,11,15,23,25H,8-10,12-14,16,18-20H2. The van der Waals surface area contributed by atoms with Crippen LogP contribution in [0.15, 0.2) is 54.7 Å². The first kappa shape index (κ1) is 25.8. The van der Waals surface area contributed by atoms with Crippen LogP contribution >= 0.6 is 11.6 Å². The molecule has 0 N–H and O–H groups in total. The molecule has 6 rings (SSSR count). The maximum absolute atomic E-state index is 9.35. The van der Waals surface area contributed by atoms with Crippen LogP contribution in [0.2, 0.25) is 5.02 Å². The molecule has 200 valence electrons. The fourth-order valence-corrected chi connectivity index (χ4v) is 5.56. The molecule has 1 unspecified atom stereocenters. The summed E-state index contributed by atoms with van der Waals surface area (Å²) in [7, 11) is 0. The molecule has 2 aromatic carbocycles. The van der Waals surface area contributed by atoms with Gasteiger partial charge in [0, 0.05) is 55.9 Å². The van der Waals surface area contributed by atoms with Gasteiger partial charge in [0.2, 0.25) is 5.88 Å². The van der Waals surface area contributed by atoms with Crippen LogP contribution in [0, 0.1) is 17.2 Å². The topological polar surface area (TPSA) is 89.1 Å². The lowest BCUT2D eigenvalue weighted by molar-refractivity contribution is 0.0908. The Morgan fingerprint density at radius 1 is 1.05 bits per heavy atom. The second-order valence-corrected chi connectivity index (χ2v) is 10.8. The van der Waals surface area contributed by atoms with Crippen LogP contribution in [0.4, 0.5) is 0 Å². The number of nitriles is 1. The first-order chi connectivity index (χ1) is 19.1. The normalized spacial score (nSPS) is 18.4. The monoisotopic (exact) mass is 542 g/mol. The van der Waals surface area contributed by atoms with E-state index >= 15 is 0 Å². The molecule has 0 spiro atoms. The number of fused-ring (bicyclic) bond motifs is 1. The number of benzene rings is 2. The van der Waals surface area contributed by atoms with Gasteiger partial charge in [-0.15, -0.1) is 0 Å². The maximum atomic E-state index is 9.35. The summed E-state index contributed by atoms with van der Waals surface area (Å²) in [4.78, 5) is 16.5. The third kappa shape index (κ3) is 6.22. The van der Waals surface area contributed by atoms with Gasteiger partial charge in [0.1, 0.15) is 17.8 Å². The molecule has 2 aliphatic heterocycles. The summed E-state index contributed by atoms with van der Waals surface area (Å²) >= 11 is 6.00. The van der Waals surface area contributed by atoms with Gasteiger partial charge >= 0.3 is 0 Å². The molecule has 0 radical (unpaired) electrons. The smallest absolute Gasteiger partial charge is 0.216 e. The predicted octanol–water partition coefficient (Wildman–Crippen LogP) is 5.02. The minimum absolute atomic E-state index is 0.118. The van der Waals surface area contributed by atoms with Crippen molar-refractivity contribution in [3.63, 3.8) is 0 Å². The molecule has 0 saturated carbocycles. The number of aromatic nitrogens is 4. The average molecular weight is 543 g/mol. The molecule has 0 aliphatic carbocycles. The van der Waals surface area contributed by atoms with Gasteiger partial charge in [-0.1, -0.05) is 23.7 Å². The van der Waals surface area contributed by atoms with E-state index in [0.29, 0.717) is 23.8 Å². The van der Waals surface area contributed by atoms with Crippen molar-refractivity contribution < 1.29 is 9.47 Å². The largest absolute Gasteiger partial charge is 0.474 e. The lowest BCUT2D eigenvalue weighted by Gasteiger charge is -2.31. The van der Waals surface area contributed by atoms with E-state index in [2.05, 4.69) is 25.5 Å². The van der Waals surface area contributed by atoms with E-state index in [-0.39, 0.29) is 6.10 Å². The molecular formula is C30H31ClN6O2. The Balaban J connectivity index is 1.09. The Hall–Kier alpha value is -3.51. The molecule has 1 atom stereocenters. The summed E-state index contributed by atoms with van der Waals surface area (Å²) in [6.07, 6.45) is 5.43. The van der Waals surface area contributed by atoms with Crippen molar-refractivity contribution in [1.29, 1.82) is 5.26 Å².